The molecule has 0 N–H and O–H groups in total. The third-order valence-electron chi connectivity index (χ3n) is 3.75. The van der Waals surface area contributed by atoms with Crippen molar-refractivity contribution in [2.45, 2.75) is 6.54 Å². The van der Waals surface area contributed by atoms with E-state index in [9.17, 15) is 14.9 Å². The Morgan fingerprint density at radius 3 is 2.67 bits per heavy atom. The van der Waals surface area contributed by atoms with Gasteiger partial charge in [-0.15, -0.1) is 0 Å². The molecular weight excluding hydrogens is 413 g/mol. The van der Waals surface area contributed by atoms with Crippen LogP contribution in [0, 0.1) is 10.1 Å². The smallest absolute Gasteiger partial charge is 0.286 e. The fraction of sp³-hybridized carbons (Fsp3) is 0.176. The second-order valence-electron chi connectivity index (χ2n) is 5.48. The highest BCUT2D eigenvalue weighted by atomic mass is 35.5. The Balaban J connectivity index is 2.16. The molecular formula is C17H13Cl2N3O4S. The second kappa shape index (κ2) is 8.18. The lowest BCUT2D eigenvalue weighted by Crippen LogP contribution is -2.19. The monoisotopic (exact) mass is 425 g/mol. The molecule has 0 aliphatic heterocycles. The molecule has 140 valence electrons. The van der Waals surface area contributed by atoms with Gasteiger partial charge in [-0.3, -0.25) is 14.9 Å². The quantitative estimate of drug-likeness (QED) is 0.450. The van der Waals surface area contributed by atoms with E-state index in [-0.39, 0.29) is 16.3 Å². The number of nitrogens with zero attached hydrogens (tertiary/aromatic N) is 3. The number of benzene rings is 2. The Bertz CT molecular complexity index is 1110. The molecule has 1 aromatic heterocycles. The molecule has 7 nitrogen and oxygen atoms in total. The minimum atomic E-state index is -0.743. The number of rotatable bonds is 5. The van der Waals surface area contributed by atoms with Crippen molar-refractivity contribution in [3.05, 3.63) is 66.9 Å². The first kappa shape index (κ1) is 19.5. The molecule has 0 spiro atoms. The maximum absolute atomic E-state index is 12.7. The summed E-state index contributed by atoms with van der Waals surface area (Å²) in [5, 5.41) is 12.0. The van der Waals surface area contributed by atoms with E-state index in [1.54, 1.807) is 19.2 Å². The van der Waals surface area contributed by atoms with Crippen molar-refractivity contribution in [1.82, 2.24) is 4.57 Å². The number of nitro benzene ring substituents is 1. The fourth-order valence-electron chi connectivity index (χ4n) is 2.52. The number of carbonyl (C=O) groups is 1. The van der Waals surface area contributed by atoms with Crippen LogP contribution < -0.4 is 4.80 Å². The van der Waals surface area contributed by atoms with Crippen molar-refractivity contribution in [2.24, 2.45) is 4.99 Å². The summed E-state index contributed by atoms with van der Waals surface area (Å²) in [4.78, 5) is 27.7. The summed E-state index contributed by atoms with van der Waals surface area (Å²) in [7, 11) is 1.57. The van der Waals surface area contributed by atoms with E-state index in [1.807, 2.05) is 10.6 Å². The molecule has 1 amide bonds. The highest BCUT2D eigenvalue weighted by Crippen LogP contribution is 2.24. The number of ether oxygens (including phenoxy) is 1. The Labute approximate surface area is 167 Å². The van der Waals surface area contributed by atoms with Crippen LogP contribution in [-0.4, -0.2) is 29.1 Å². The average Bonchev–Trinajstić information content (AvgIpc) is 2.95. The number of nitro groups is 1. The van der Waals surface area contributed by atoms with Crippen molar-refractivity contribution in [3.63, 3.8) is 0 Å². The maximum Gasteiger partial charge on any atom is 0.286 e. The van der Waals surface area contributed by atoms with E-state index in [0.717, 1.165) is 10.2 Å². The van der Waals surface area contributed by atoms with E-state index >= 15 is 0 Å². The van der Waals surface area contributed by atoms with Crippen molar-refractivity contribution in [2.75, 3.05) is 13.7 Å². The lowest BCUT2D eigenvalue weighted by Gasteiger charge is -2.04. The molecule has 10 heteroatoms. The van der Waals surface area contributed by atoms with Crippen LogP contribution in [0.5, 0.6) is 0 Å². The minimum absolute atomic E-state index is 0.165. The van der Waals surface area contributed by atoms with Crippen molar-refractivity contribution in [1.29, 1.82) is 0 Å². The van der Waals surface area contributed by atoms with E-state index in [0.29, 0.717) is 23.0 Å². The van der Waals surface area contributed by atoms with Crippen LogP contribution in [0.1, 0.15) is 10.4 Å². The van der Waals surface area contributed by atoms with Gasteiger partial charge in [-0.25, -0.2) is 0 Å². The molecule has 0 atom stereocenters. The van der Waals surface area contributed by atoms with E-state index < -0.39 is 10.8 Å². The zero-order valence-electron chi connectivity index (χ0n) is 14.0. The highest BCUT2D eigenvalue weighted by Gasteiger charge is 2.20. The Morgan fingerprint density at radius 2 is 1.96 bits per heavy atom. The van der Waals surface area contributed by atoms with Gasteiger partial charge in [0.1, 0.15) is 5.56 Å². The number of methoxy groups -OCH3 is 1. The summed E-state index contributed by atoms with van der Waals surface area (Å²) in [5.41, 5.74) is 0.329. The van der Waals surface area contributed by atoms with E-state index in [2.05, 4.69) is 4.99 Å². The number of hydrogen-bond acceptors (Lipinski definition) is 5. The van der Waals surface area contributed by atoms with Crippen molar-refractivity contribution >= 4 is 56.3 Å². The fourth-order valence-corrected chi connectivity index (χ4v) is 4.02. The molecule has 0 unspecified atom stereocenters. The van der Waals surface area contributed by atoms with Gasteiger partial charge < -0.3 is 9.30 Å². The molecule has 27 heavy (non-hydrogen) atoms. The number of halogens is 2. The Kier molecular flexibility index (Phi) is 5.91. The zero-order valence-corrected chi connectivity index (χ0v) is 16.3. The topological polar surface area (TPSA) is 86.7 Å². The number of hydrogen-bond donors (Lipinski definition) is 0. The van der Waals surface area contributed by atoms with Gasteiger partial charge in [0.2, 0.25) is 0 Å². The molecule has 0 fully saturated rings. The van der Waals surface area contributed by atoms with Crippen LogP contribution in [0.2, 0.25) is 10.0 Å². The van der Waals surface area contributed by atoms with Gasteiger partial charge in [0, 0.05) is 29.8 Å². The number of fused-ring (bicyclic) bond motifs is 1. The van der Waals surface area contributed by atoms with Crippen molar-refractivity contribution < 1.29 is 14.5 Å². The Morgan fingerprint density at radius 1 is 1.26 bits per heavy atom. The van der Waals surface area contributed by atoms with Crippen LogP contribution in [-0.2, 0) is 11.3 Å². The molecule has 3 aromatic rings. The van der Waals surface area contributed by atoms with Crippen molar-refractivity contribution in [3.8, 4) is 0 Å². The second-order valence-corrected chi connectivity index (χ2v) is 7.36. The Hall–Kier alpha value is -2.26. The van der Waals surface area contributed by atoms with Gasteiger partial charge in [-0.05, 0) is 30.3 Å². The van der Waals surface area contributed by atoms with Gasteiger partial charge in [-0.1, -0.05) is 34.5 Å². The summed E-state index contributed by atoms with van der Waals surface area (Å²) in [6.45, 7) is 0.870. The summed E-state index contributed by atoms with van der Waals surface area (Å²) < 4.78 is 7.78. The number of aromatic nitrogens is 1. The molecule has 3 rings (SSSR count). The van der Waals surface area contributed by atoms with Crippen LogP contribution in [0.4, 0.5) is 5.69 Å². The zero-order chi connectivity index (χ0) is 19.6. The predicted octanol–water partition coefficient (Wildman–Crippen LogP) is 4.31. The minimum Gasteiger partial charge on any atom is -0.383 e. The normalized spacial score (nSPS) is 11.9. The first-order valence-electron chi connectivity index (χ1n) is 7.71. The SMILES string of the molecule is COCCn1c(=NC(=O)c2cc(Cl)ccc2[N+](=O)[O-])sc2cc(Cl)ccc21. The first-order chi connectivity index (χ1) is 12.9. The highest BCUT2D eigenvalue weighted by molar-refractivity contribution is 7.16. The van der Waals surface area contributed by atoms with E-state index in [4.69, 9.17) is 27.9 Å². The summed E-state index contributed by atoms with van der Waals surface area (Å²) >= 11 is 13.2. The molecule has 0 aliphatic rings. The molecule has 0 saturated carbocycles. The molecule has 0 bridgehead atoms. The van der Waals surface area contributed by atoms with Gasteiger partial charge in [0.25, 0.3) is 11.6 Å². The summed E-state index contributed by atoms with van der Waals surface area (Å²) in [5.74, 6) is -0.743. The lowest BCUT2D eigenvalue weighted by molar-refractivity contribution is -0.385. The third kappa shape index (κ3) is 4.19. The van der Waals surface area contributed by atoms with Crippen LogP contribution in [0.25, 0.3) is 10.2 Å². The molecule has 0 radical (unpaired) electrons. The molecule has 2 aromatic carbocycles. The summed E-state index contributed by atoms with van der Waals surface area (Å²) in [6.07, 6.45) is 0. The largest absolute Gasteiger partial charge is 0.383 e. The average molecular weight is 426 g/mol. The molecule has 0 aliphatic carbocycles. The maximum atomic E-state index is 12.7. The predicted molar refractivity (Wildman–Crippen MR) is 105 cm³/mol. The van der Waals surface area contributed by atoms with Gasteiger partial charge >= 0.3 is 0 Å². The van der Waals surface area contributed by atoms with Gasteiger partial charge in [0.05, 0.1) is 21.7 Å². The number of amides is 1. The lowest BCUT2D eigenvalue weighted by atomic mass is 10.2. The number of carbonyl (C=O) groups excluding carboxylic acids is 1. The van der Waals surface area contributed by atoms with Gasteiger partial charge in [0.15, 0.2) is 4.80 Å². The van der Waals surface area contributed by atoms with Crippen LogP contribution in [0.15, 0.2) is 41.4 Å². The molecule has 0 saturated heterocycles. The molecule has 1 heterocycles. The van der Waals surface area contributed by atoms with Gasteiger partial charge in [-0.2, -0.15) is 4.99 Å². The third-order valence-corrected chi connectivity index (χ3v) is 5.26. The van der Waals surface area contributed by atoms with E-state index in [1.165, 1.54) is 29.5 Å². The number of thiazole rings is 1. The standard InChI is InChI=1S/C17H13Cl2N3O4S/c1-26-7-6-21-14-5-3-11(19)9-15(14)27-17(21)20-16(23)12-8-10(18)2-4-13(12)22(24)25/h2-5,8-9H,6-7H2,1H3. The van der Waals surface area contributed by atoms with Crippen LogP contribution >= 0.6 is 34.5 Å². The summed E-state index contributed by atoms with van der Waals surface area (Å²) in [6, 6.07) is 9.14. The van der Waals surface area contributed by atoms with Crippen LogP contribution in [0.3, 0.4) is 0 Å². The first-order valence-corrected chi connectivity index (χ1v) is 9.29.